The molecule has 1 atom stereocenters. The van der Waals surface area contributed by atoms with Crippen LogP contribution in [0.3, 0.4) is 0 Å². The van der Waals surface area contributed by atoms with E-state index in [9.17, 15) is 13.8 Å². The molecule has 0 aliphatic carbocycles. The maximum atomic E-state index is 14.7. The van der Waals surface area contributed by atoms with Gasteiger partial charge >= 0.3 is 6.09 Å². The van der Waals surface area contributed by atoms with Crippen molar-refractivity contribution in [2.75, 3.05) is 24.8 Å². The molecule has 1 aliphatic heterocycles. The summed E-state index contributed by atoms with van der Waals surface area (Å²) in [5.41, 5.74) is 0.945. The number of hydrogen-bond donors (Lipinski definition) is 0. The van der Waals surface area contributed by atoms with Crippen LogP contribution in [-0.2, 0) is 27.0 Å². The molecule has 10 nitrogen and oxygen atoms in total. The minimum Gasteiger partial charge on any atom is -0.442 e. The van der Waals surface area contributed by atoms with Crippen LogP contribution in [0.2, 0.25) is 0 Å². The molecule has 0 spiro atoms. The molecule has 158 valence electrons. The van der Waals surface area contributed by atoms with Crippen molar-refractivity contribution >= 4 is 19.1 Å². The highest BCUT2D eigenvalue weighted by atomic mass is 31.2. The van der Waals surface area contributed by atoms with Gasteiger partial charge in [0.1, 0.15) is 17.6 Å². The largest absolute Gasteiger partial charge is 0.442 e. The van der Waals surface area contributed by atoms with Gasteiger partial charge in [-0.05, 0) is 18.2 Å². The number of carbonyl (C=O) groups excluding carboxylic acids is 1. The zero-order valence-corrected chi connectivity index (χ0v) is 17.2. The molecular weight excluding hydrogens is 416 g/mol. The monoisotopic (exact) mass is 435 g/mol. The topological polar surface area (TPSA) is 113 Å². The van der Waals surface area contributed by atoms with Crippen molar-refractivity contribution in [2.45, 2.75) is 19.3 Å². The Morgan fingerprint density at radius 1 is 1.33 bits per heavy atom. The predicted molar refractivity (Wildman–Crippen MR) is 104 cm³/mol. The minimum absolute atomic E-state index is 0.000257. The second-order valence-corrected chi connectivity index (χ2v) is 9.88. The van der Waals surface area contributed by atoms with Gasteiger partial charge < -0.3 is 13.8 Å². The van der Waals surface area contributed by atoms with E-state index in [0.29, 0.717) is 17.9 Å². The molecule has 4 rings (SSSR count). The van der Waals surface area contributed by atoms with Crippen LogP contribution in [0.1, 0.15) is 5.69 Å². The summed E-state index contributed by atoms with van der Waals surface area (Å²) in [7, 11) is -2.67. The summed E-state index contributed by atoms with van der Waals surface area (Å²) in [5.74, 6) is -0.381. The lowest BCUT2D eigenvalue weighted by Gasteiger charge is -2.13. The van der Waals surface area contributed by atoms with Crippen molar-refractivity contribution in [3.8, 4) is 11.3 Å². The van der Waals surface area contributed by atoms with Crippen LogP contribution in [0.4, 0.5) is 14.9 Å². The first-order valence-electron chi connectivity index (χ1n) is 9.06. The number of rotatable bonds is 7. The van der Waals surface area contributed by atoms with E-state index in [4.69, 9.17) is 13.8 Å². The molecule has 3 aromatic rings. The van der Waals surface area contributed by atoms with E-state index >= 15 is 0 Å². The normalized spacial score (nSPS) is 16.8. The van der Waals surface area contributed by atoms with Crippen LogP contribution in [0.15, 0.2) is 41.2 Å². The molecule has 0 radical (unpaired) electrons. The number of halogens is 1. The summed E-state index contributed by atoms with van der Waals surface area (Å²) in [6.45, 7) is 3.60. The zero-order chi connectivity index (χ0) is 21.3. The van der Waals surface area contributed by atoms with Gasteiger partial charge in [-0.25, -0.2) is 13.9 Å². The summed E-state index contributed by atoms with van der Waals surface area (Å²) < 4.78 is 43.6. The highest BCUT2D eigenvalue weighted by Crippen LogP contribution is 2.38. The molecule has 1 aromatic carbocycles. The Hall–Kier alpha value is -3.04. The fourth-order valence-electron chi connectivity index (χ4n) is 2.97. The molecule has 0 bridgehead atoms. The molecule has 3 heterocycles. The van der Waals surface area contributed by atoms with Gasteiger partial charge in [0.05, 0.1) is 37.1 Å². The lowest BCUT2D eigenvalue weighted by molar-refractivity contribution is 0.129. The van der Waals surface area contributed by atoms with Crippen molar-refractivity contribution in [3.63, 3.8) is 0 Å². The van der Waals surface area contributed by atoms with E-state index in [1.807, 2.05) is 0 Å². The average molecular weight is 435 g/mol. The quantitative estimate of drug-likeness (QED) is 0.520. The first kappa shape index (κ1) is 20.2. The number of cyclic esters (lactones) is 1. The van der Waals surface area contributed by atoms with Gasteiger partial charge in [0.2, 0.25) is 0 Å². The van der Waals surface area contributed by atoms with E-state index in [-0.39, 0.29) is 24.5 Å². The SMILES string of the molecule is CP(C)(=O)OCc1cc(-c2ccc(N3C[C@H](Cn4ccnn4)OC3=O)cc2F)on1. The van der Waals surface area contributed by atoms with Gasteiger partial charge in [0.25, 0.3) is 0 Å². The van der Waals surface area contributed by atoms with Gasteiger partial charge in [-0.1, -0.05) is 10.4 Å². The molecule has 1 saturated heterocycles. The Labute approximate surface area is 171 Å². The molecule has 0 N–H and O–H groups in total. The van der Waals surface area contributed by atoms with Crippen molar-refractivity contribution in [2.24, 2.45) is 0 Å². The number of ether oxygens (including phenoxy) is 1. The third kappa shape index (κ3) is 4.58. The molecule has 30 heavy (non-hydrogen) atoms. The summed E-state index contributed by atoms with van der Waals surface area (Å²) >= 11 is 0. The van der Waals surface area contributed by atoms with E-state index in [1.165, 1.54) is 42.6 Å². The van der Waals surface area contributed by atoms with Crippen LogP contribution in [0.25, 0.3) is 11.3 Å². The molecule has 0 unspecified atom stereocenters. The highest BCUT2D eigenvalue weighted by Gasteiger charge is 2.33. The maximum absolute atomic E-state index is 14.7. The molecule has 1 amide bonds. The second-order valence-electron chi connectivity index (χ2n) is 7.11. The summed E-state index contributed by atoms with van der Waals surface area (Å²) in [4.78, 5) is 13.6. The Kier molecular flexibility index (Phi) is 5.40. The number of anilines is 1. The number of amides is 1. The smallest absolute Gasteiger partial charge is 0.414 e. The number of nitrogens with zero attached hydrogens (tertiary/aromatic N) is 5. The minimum atomic E-state index is -2.67. The van der Waals surface area contributed by atoms with Gasteiger partial charge in [0, 0.05) is 25.6 Å². The predicted octanol–water partition coefficient (Wildman–Crippen LogP) is 3.15. The second kappa shape index (κ2) is 8.00. The van der Waals surface area contributed by atoms with Crippen LogP contribution in [-0.4, -0.2) is 52.2 Å². The highest BCUT2D eigenvalue weighted by molar-refractivity contribution is 7.57. The average Bonchev–Trinajstić information content (AvgIpc) is 3.41. The summed E-state index contributed by atoms with van der Waals surface area (Å²) in [5, 5.41) is 11.4. The maximum Gasteiger partial charge on any atom is 0.414 e. The lowest BCUT2D eigenvalue weighted by atomic mass is 10.1. The first-order valence-corrected chi connectivity index (χ1v) is 11.6. The summed E-state index contributed by atoms with van der Waals surface area (Å²) in [6.07, 6.45) is 2.22. The number of benzene rings is 1. The zero-order valence-electron chi connectivity index (χ0n) is 16.3. The van der Waals surface area contributed by atoms with Crippen molar-refractivity contribution in [3.05, 3.63) is 48.2 Å². The standard InChI is InChI=1S/C18H19FN5O5P/c1-30(2,26)27-11-12-7-17(29-21-12)15-4-3-13(8-16(15)19)24-10-14(28-18(24)25)9-23-6-5-20-22-23/h3-8,14H,9-11H2,1-2H3/t14-/m0/s1. The molecule has 12 heteroatoms. The lowest BCUT2D eigenvalue weighted by Crippen LogP contribution is -2.26. The van der Waals surface area contributed by atoms with E-state index in [2.05, 4.69) is 15.5 Å². The van der Waals surface area contributed by atoms with Gasteiger partial charge in [-0.2, -0.15) is 0 Å². The van der Waals surface area contributed by atoms with Crippen LogP contribution < -0.4 is 4.90 Å². The van der Waals surface area contributed by atoms with E-state index in [0.717, 1.165) is 0 Å². The third-order valence-electron chi connectivity index (χ3n) is 4.35. The van der Waals surface area contributed by atoms with E-state index < -0.39 is 25.4 Å². The van der Waals surface area contributed by atoms with Crippen LogP contribution >= 0.6 is 7.37 Å². The Bertz CT molecular complexity index is 1100. The van der Waals surface area contributed by atoms with Crippen molar-refractivity contribution in [1.29, 1.82) is 0 Å². The Morgan fingerprint density at radius 3 is 2.87 bits per heavy atom. The van der Waals surface area contributed by atoms with Gasteiger partial charge in [-0.15, -0.1) is 5.10 Å². The Morgan fingerprint density at radius 2 is 2.17 bits per heavy atom. The van der Waals surface area contributed by atoms with Crippen LogP contribution in [0.5, 0.6) is 0 Å². The third-order valence-corrected chi connectivity index (χ3v) is 5.10. The number of aromatic nitrogens is 4. The van der Waals surface area contributed by atoms with Crippen molar-refractivity contribution in [1.82, 2.24) is 20.2 Å². The molecule has 2 aromatic heterocycles. The number of carbonyl (C=O) groups is 1. The fraction of sp³-hybridized carbons (Fsp3) is 0.333. The molecule has 1 fully saturated rings. The van der Waals surface area contributed by atoms with Gasteiger partial charge in [-0.3, -0.25) is 9.46 Å². The van der Waals surface area contributed by atoms with Crippen LogP contribution in [0, 0.1) is 5.82 Å². The molecule has 0 saturated carbocycles. The van der Waals surface area contributed by atoms with Gasteiger partial charge in [0.15, 0.2) is 13.1 Å². The van der Waals surface area contributed by atoms with E-state index in [1.54, 1.807) is 16.9 Å². The summed E-state index contributed by atoms with van der Waals surface area (Å²) in [6, 6.07) is 5.85. The van der Waals surface area contributed by atoms with Crippen molar-refractivity contribution < 1.29 is 27.5 Å². The Balaban J connectivity index is 1.46. The number of hydrogen-bond acceptors (Lipinski definition) is 8. The fourth-order valence-corrected chi connectivity index (χ4v) is 3.41. The molecule has 1 aliphatic rings. The molecular formula is C18H19FN5O5P. The first-order chi connectivity index (χ1) is 14.3.